The molecule has 0 aliphatic carbocycles. The number of carbonyl (C=O) groups excluding carboxylic acids is 2. The highest BCUT2D eigenvalue weighted by molar-refractivity contribution is 6.01. The third-order valence-corrected chi connectivity index (χ3v) is 10.4. The largest absolute Gasteiger partial charge is 0.493 e. The van der Waals surface area contributed by atoms with Crippen LogP contribution in [0.4, 0.5) is 15.8 Å². The van der Waals surface area contributed by atoms with E-state index in [9.17, 15) is 23.9 Å². The number of halogens is 1. The SMILES string of the molecule is CCCC(CCC)N(C(=O)CN1C[C@H](c2ccc3c(c2)CCO3)C(C(=O)O)[C@@H]1CCN1C(=O)Cc2ccccc21)c1ccc(F)c(C)c1. The minimum atomic E-state index is -0.911. The van der Waals surface area contributed by atoms with Gasteiger partial charge in [-0.25, -0.2) is 4.39 Å². The van der Waals surface area contributed by atoms with E-state index < -0.39 is 17.9 Å². The number of hydrogen-bond donors (Lipinski definition) is 1. The fourth-order valence-electron chi connectivity index (χ4n) is 8.11. The summed E-state index contributed by atoms with van der Waals surface area (Å²) >= 11 is 0. The van der Waals surface area contributed by atoms with E-state index in [-0.39, 0.29) is 36.1 Å². The molecule has 0 aromatic heterocycles. The second-order valence-electron chi connectivity index (χ2n) is 13.5. The summed E-state index contributed by atoms with van der Waals surface area (Å²) < 4.78 is 20.1. The second kappa shape index (κ2) is 14.5. The molecule has 3 aromatic carbocycles. The van der Waals surface area contributed by atoms with Crippen molar-refractivity contribution in [3.8, 4) is 5.75 Å². The number of carboxylic acid groups (broad SMARTS) is 1. The first kappa shape index (κ1) is 33.7. The number of amides is 2. The molecule has 1 saturated heterocycles. The maximum Gasteiger partial charge on any atom is 0.308 e. The van der Waals surface area contributed by atoms with Gasteiger partial charge < -0.3 is 19.6 Å². The number of carboxylic acids is 1. The normalized spacial score (nSPS) is 20.2. The van der Waals surface area contributed by atoms with Gasteiger partial charge in [0, 0.05) is 48.9 Å². The summed E-state index contributed by atoms with van der Waals surface area (Å²) in [5, 5.41) is 10.8. The Balaban J connectivity index is 1.34. The molecule has 254 valence electrons. The van der Waals surface area contributed by atoms with Gasteiger partial charge in [-0.05, 0) is 78.8 Å². The van der Waals surface area contributed by atoms with Crippen molar-refractivity contribution in [3.05, 3.63) is 88.7 Å². The van der Waals surface area contributed by atoms with E-state index in [1.165, 1.54) is 6.07 Å². The van der Waals surface area contributed by atoms with Crippen molar-refractivity contribution in [2.45, 2.75) is 83.7 Å². The molecule has 3 aliphatic heterocycles. The van der Waals surface area contributed by atoms with Gasteiger partial charge in [0.25, 0.3) is 0 Å². The summed E-state index contributed by atoms with van der Waals surface area (Å²) in [5.74, 6) is -1.66. The number of ether oxygens (including phenoxy) is 1. The smallest absolute Gasteiger partial charge is 0.308 e. The Morgan fingerprint density at radius 2 is 1.81 bits per heavy atom. The lowest BCUT2D eigenvalue weighted by molar-refractivity contribution is -0.143. The molecule has 3 aromatic rings. The highest BCUT2D eigenvalue weighted by atomic mass is 19.1. The van der Waals surface area contributed by atoms with E-state index in [0.717, 1.165) is 60.2 Å². The minimum Gasteiger partial charge on any atom is -0.493 e. The van der Waals surface area contributed by atoms with Crippen molar-refractivity contribution in [2.75, 3.05) is 36.0 Å². The lowest BCUT2D eigenvalue weighted by Gasteiger charge is -2.35. The van der Waals surface area contributed by atoms with E-state index in [2.05, 4.69) is 19.9 Å². The van der Waals surface area contributed by atoms with Gasteiger partial charge in [0.2, 0.25) is 11.8 Å². The molecule has 0 saturated carbocycles. The van der Waals surface area contributed by atoms with Gasteiger partial charge in [0.05, 0.1) is 25.5 Å². The van der Waals surface area contributed by atoms with Gasteiger partial charge in [-0.1, -0.05) is 57.0 Å². The fraction of sp³-hybridized carbons (Fsp3) is 0.462. The van der Waals surface area contributed by atoms with Gasteiger partial charge in [0.15, 0.2) is 0 Å². The van der Waals surface area contributed by atoms with E-state index in [1.54, 1.807) is 24.0 Å². The van der Waals surface area contributed by atoms with Crippen LogP contribution in [-0.2, 0) is 27.2 Å². The van der Waals surface area contributed by atoms with Crippen molar-refractivity contribution >= 4 is 29.2 Å². The highest BCUT2D eigenvalue weighted by Gasteiger charge is 2.48. The predicted molar refractivity (Wildman–Crippen MR) is 184 cm³/mol. The van der Waals surface area contributed by atoms with Crippen molar-refractivity contribution < 1.29 is 28.6 Å². The second-order valence-corrected chi connectivity index (χ2v) is 13.5. The lowest BCUT2D eigenvalue weighted by atomic mass is 9.83. The van der Waals surface area contributed by atoms with Crippen LogP contribution in [0.25, 0.3) is 0 Å². The van der Waals surface area contributed by atoms with Crippen LogP contribution < -0.4 is 14.5 Å². The summed E-state index contributed by atoms with van der Waals surface area (Å²) in [4.78, 5) is 46.4. The number of nitrogens with zero attached hydrogens (tertiary/aromatic N) is 3. The number of hydrogen-bond acceptors (Lipinski definition) is 5. The quantitative estimate of drug-likeness (QED) is 0.226. The third kappa shape index (κ3) is 6.70. The van der Waals surface area contributed by atoms with Gasteiger partial charge in [-0.15, -0.1) is 0 Å². The molecule has 1 fully saturated rings. The topological polar surface area (TPSA) is 90.4 Å². The summed E-state index contributed by atoms with van der Waals surface area (Å²) in [7, 11) is 0. The lowest BCUT2D eigenvalue weighted by Crippen LogP contribution is -2.48. The fourth-order valence-corrected chi connectivity index (χ4v) is 8.11. The van der Waals surface area contributed by atoms with Crippen LogP contribution in [0.15, 0.2) is 60.7 Å². The Hall–Kier alpha value is -4.24. The zero-order chi connectivity index (χ0) is 33.9. The number of aryl methyl sites for hydroxylation is 1. The van der Waals surface area contributed by atoms with Crippen LogP contribution in [0.1, 0.15) is 74.1 Å². The molecule has 3 heterocycles. The molecule has 0 radical (unpaired) electrons. The van der Waals surface area contributed by atoms with Crippen LogP contribution in [0.3, 0.4) is 0 Å². The average Bonchev–Trinajstić information content (AvgIpc) is 3.76. The van der Waals surface area contributed by atoms with E-state index in [1.807, 2.05) is 46.2 Å². The van der Waals surface area contributed by atoms with Gasteiger partial charge in [-0.3, -0.25) is 19.3 Å². The van der Waals surface area contributed by atoms with Crippen molar-refractivity contribution in [1.29, 1.82) is 0 Å². The molecule has 3 atom stereocenters. The van der Waals surface area contributed by atoms with Crippen molar-refractivity contribution in [2.24, 2.45) is 5.92 Å². The Labute approximate surface area is 282 Å². The Morgan fingerprint density at radius 1 is 1.04 bits per heavy atom. The molecule has 1 unspecified atom stereocenters. The van der Waals surface area contributed by atoms with Gasteiger partial charge >= 0.3 is 5.97 Å². The molecular weight excluding hydrogens is 609 g/mol. The zero-order valence-electron chi connectivity index (χ0n) is 28.2. The van der Waals surface area contributed by atoms with Gasteiger partial charge in [0.1, 0.15) is 11.6 Å². The highest BCUT2D eigenvalue weighted by Crippen LogP contribution is 2.42. The zero-order valence-corrected chi connectivity index (χ0v) is 28.2. The number of anilines is 2. The molecule has 9 heteroatoms. The summed E-state index contributed by atoms with van der Waals surface area (Å²) in [6.45, 7) is 7.27. The van der Waals surface area contributed by atoms with E-state index in [0.29, 0.717) is 43.8 Å². The number of carbonyl (C=O) groups is 3. The molecule has 3 aliphatic rings. The molecule has 2 amide bonds. The van der Waals surface area contributed by atoms with Crippen LogP contribution in [0.5, 0.6) is 5.75 Å². The Morgan fingerprint density at radius 3 is 2.54 bits per heavy atom. The minimum absolute atomic E-state index is 0.00121. The number of para-hydroxylation sites is 1. The first-order valence-electron chi connectivity index (χ1n) is 17.4. The predicted octanol–water partition coefficient (Wildman–Crippen LogP) is 6.52. The first-order valence-corrected chi connectivity index (χ1v) is 17.4. The Bertz CT molecular complexity index is 1670. The average molecular weight is 656 g/mol. The number of aliphatic carboxylic acids is 1. The monoisotopic (exact) mass is 655 g/mol. The van der Waals surface area contributed by atoms with E-state index in [4.69, 9.17) is 4.74 Å². The first-order chi connectivity index (χ1) is 23.2. The molecule has 0 spiro atoms. The number of benzene rings is 3. The van der Waals surface area contributed by atoms with Gasteiger partial charge in [-0.2, -0.15) is 0 Å². The number of rotatable bonds is 13. The standard InChI is InChI=1S/C39H46FN3O5/c1-4-8-29(9-5-2)43(30-13-14-32(40)25(3)20-30)37(45)24-41-23-31(26-12-15-35-28(21-26)17-19-48-35)38(39(46)47)34(41)16-18-42-33-11-7-6-10-27(33)22-36(42)44/h6-7,10-15,20-21,29,31,34,38H,4-5,8-9,16-19,22-24H2,1-3H3,(H,46,47)/t31-,34+,38?/m1/s1. The van der Waals surface area contributed by atoms with E-state index >= 15 is 0 Å². The maximum atomic E-state index is 14.5. The molecule has 48 heavy (non-hydrogen) atoms. The molecule has 6 rings (SSSR count). The Kier molecular flexibility index (Phi) is 10.2. The molecule has 0 bridgehead atoms. The van der Waals surface area contributed by atoms with Crippen LogP contribution in [0, 0.1) is 18.7 Å². The summed E-state index contributed by atoms with van der Waals surface area (Å²) in [5.41, 5.74) is 4.96. The molecule has 1 N–H and O–H groups in total. The summed E-state index contributed by atoms with van der Waals surface area (Å²) in [6, 6.07) is 17.9. The van der Waals surface area contributed by atoms with Crippen molar-refractivity contribution in [1.82, 2.24) is 4.90 Å². The summed E-state index contributed by atoms with van der Waals surface area (Å²) in [6.07, 6.45) is 4.87. The number of likely N-dealkylation sites (tertiary alicyclic amines) is 1. The molecule has 8 nitrogen and oxygen atoms in total. The van der Waals surface area contributed by atoms with Crippen LogP contribution >= 0.6 is 0 Å². The van der Waals surface area contributed by atoms with Crippen LogP contribution in [0.2, 0.25) is 0 Å². The van der Waals surface area contributed by atoms with Crippen molar-refractivity contribution in [3.63, 3.8) is 0 Å². The van der Waals surface area contributed by atoms with Crippen LogP contribution in [-0.4, -0.2) is 66.1 Å². The maximum absolute atomic E-state index is 14.5. The molecular formula is C39H46FN3O5. The third-order valence-electron chi connectivity index (χ3n) is 10.4. The number of fused-ring (bicyclic) bond motifs is 2.